The van der Waals surface area contributed by atoms with E-state index < -0.39 is 0 Å². The molecule has 0 atom stereocenters. The number of aromatic amines is 1. The maximum Gasteiger partial charge on any atom is 0.227 e. The summed E-state index contributed by atoms with van der Waals surface area (Å²) in [6.07, 6.45) is 7.45. The molecule has 1 N–H and O–H groups in total. The maximum absolute atomic E-state index is 12.6. The predicted octanol–water partition coefficient (Wildman–Crippen LogP) is 2.82. The first-order valence-corrected chi connectivity index (χ1v) is 8.46. The van der Waals surface area contributed by atoms with E-state index in [-0.39, 0.29) is 5.91 Å². The lowest BCUT2D eigenvalue weighted by Gasteiger charge is -2.31. The number of H-pyrrole nitrogens is 1. The highest BCUT2D eigenvalue weighted by atomic mass is 35.5. The van der Waals surface area contributed by atoms with E-state index in [4.69, 9.17) is 11.6 Å². The second-order valence-electron chi connectivity index (χ2n) is 6.17. The number of carbonyl (C=O) groups excluding carboxylic acids is 1. The molecule has 1 amide bonds. The summed E-state index contributed by atoms with van der Waals surface area (Å²) in [5, 5.41) is 5.95. The Morgan fingerprint density at radius 1 is 1.33 bits per heavy atom. The standard InChI is InChI=1S/C17H18ClN5O/c18-13-1-2-15-12(9-20-16(15)8-13)7-17(24)22-5-3-14(4-6-22)23-11-19-10-21-23/h1-2,8-11,14,20H,3-7H2. The van der Waals surface area contributed by atoms with Crippen molar-refractivity contribution in [3.8, 4) is 0 Å². The van der Waals surface area contributed by atoms with Gasteiger partial charge in [0.2, 0.25) is 5.91 Å². The van der Waals surface area contributed by atoms with Crippen molar-refractivity contribution in [2.75, 3.05) is 13.1 Å². The van der Waals surface area contributed by atoms with E-state index in [1.807, 2.05) is 34.0 Å². The van der Waals surface area contributed by atoms with Crippen molar-refractivity contribution in [3.63, 3.8) is 0 Å². The second-order valence-corrected chi connectivity index (χ2v) is 6.60. The normalized spacial score (nSPS) is 16.0. The SMILES string of the molecule is O=C(Cc1c[nH]c2cc(Cl)ccc12)N1CCC(n2cncn2)CC1. The fraction of sp³-hybridized carbons (Fsp3) is 0.353. The number of carbonyl (C=O) groups is 1. The van der Waals surface area contributed by atoms with Gasteiger partial charge in [0.05, 0.1) is 12.5 Å². The van der Waals surface area contributed by atoms with Crippen LogP contribution in [-0.4, -0.2) is 43.6 Å². The summed E-state index contributed by atoms with van der Waals surface area (Å²) >= 11 is 6.00. The molecule has 1 aliphatic rings. The highest BCUT2D eigenvalue weighted by Gasteiger charge is 2.24. The number of piperidine rings is 1. The quantitative estimate of drug-likeness (QED) is 0.795. The minimum atomic E-state index is 0.169. The molecule has 0 saturated carbocycles. The van der Waals surface area contributed by atoms with Crippen molar-refractivity contribution in [1.29, 1.82) is 0 Å². The van der Waals surface area contributed by atoms with E-state index in [9.17, 15) is 4.79 Å². The molecule has 7 heteroatoms. The fourth-order valence-electron chi connectivity index (χ4n) is 3.37. The highest BCUT2D eigenvalue weighted by molar-refractivity contribution is 6.31. The Hall–Kier alpha value is -2.34. The van der Waals surface area contributed by atoms with Crippen LogP contribution in [0.3, 0.4) is 0 Å². The van der Waals surface area contributed by atoms with Gasteiger partial charge in [0, 0.05) is 35.2 Å². The van der Waals surface area contributed by atoms with Gasteiger partial charge in [-0.2, -0.15) is 5.10 Å². The largest absolute Gasteiger partial charge is 0.361 e. The lowest BCUT2D eigenvalue weighted by molar-refractivity contribution is -0.131. The number of benzene rings is 1. The summed E-state index contributed by atoms with van der Waals surface area (Å²) in [5.74, 6) is 0.169. The fourth-order valence-corrected chi connectivity index (χ4v) is 3.54. The Labute approximate surface area is 144 Å². The molecule has 124 valence electrons. The lowest BCUT2D eigenvalue weighted by Crippen LogP contribution is -2.39. The van der Waals surface area contributed by atoms with E-state index in [0.29, 0.717) is 17.5 Å². The van der Waals surface area contributed by atoms with Crippen LogP contribution in [-0.2, 0) is 11.2 Å². The summed E-state index contributed by atoms with van der Waals surface area (Å²) in [5.41, 5.74) is 1.99. The van der Waals surface area contributed by atoms with Gasteiger partial charge in [-0.15, -0.1) is 0 Å². The van der Waals surface area contributed by atoms with Gasteiger partial charge in [-0.25, -0.2) is 9.67 Å². The molecule has 4 rings (SSSR count). The zero-order valence-electron chi connectivity index (χ0n) is 13.2. The van der Waals surface area contributed by atoms with Crippen LogP contribution in [0.25, 0.3) is 10.9 Å². The predicted molar refractivity (Wildman–Crippen MR) is 91.9 cm³/mol. The Kier molecular flexibility index (Phi) is 3.98. The van der Waals surface area contributed by atoms with Crippen LogP contribution >= 0.6 is 11.6 Å². The zero-order chi connectivity index (χ0) is 16.5. The van der Waals surface area contributed by atoms with Gasteiger partial charge in [0.1, 0.15) is 12.7 Å². The third-order valence-corrected chi connectivity index (χ3v) is 4.93. The van der Waals surface area contributed by atoms with Crippen molar-refractivity contribution in [2.24, 2.45) is 0 Å². The molecule has 0 aliphatic carbocycles. The van der Waals surface area contributed by atoms with Crippen molar-refractivity contribution >= 4 is 28.4 Å². The second kappa shape index (κ2) is 6.28. The Balaban J connectivity index is 1.41. The van der Waals surface area contributed by atoms with Gasteiger partial charge in [0.15, 0.2) is 0 Å². The lowest BCUT2D eigenvalue weighted by atomic mass is 10.0. The van der Waals surface area contributed by atoms with Gasteiger partial charge < -0.3 is 9.88 Å². The minimum Gasteiger partial charge on any atom is -0.361 e. The molecule has 24 heavy (non-hydrogen) atoms. The number of nitrogens with one attached hydrogen (secondary N) is 1. The van der Waals surface area contributed by atoms with Crippen LogP contribution in [0.15, 0.2) is 37.1 Å². The summed E-state index contributed by atoms with van der Waals surface area (Å²) in [6.45, 7) is 1.52. The van der Waals surface area contributed by atoms with E-state index in [1.54, 1.807) is 12.7 Å². The molecule has 0 spiro atoms. The Bertz CT molecular complexity index is 849. The van der Waals surface area contributed by atoms with Crippen LogP contribution in [0.5, 0.6) is 0 Å². The number of rotatable bonds is 3. The molecule has 1 fully saturated rings. The van der Waals surface area contributed by atoms with Crippen molar-refractivity contribution in [3.05, 3.63) is 47.6 Å². The first-order valence-electron chi connectivity index (χ1n) is 8.08. The summed E-state index contributed by atoms with van der Waals surface area (Å²) in [7, 11) is 0. The number of nitrogens with zero attached hydrogens (tertiary/aromatic N) is 4. The van der Waals surface area contributed by atoms with E-state index in [2.05, 4.69) is 15.1 Å². The smallest absolute Gasteiger partial charge is 0.227 e. The topological polar surface area (TPSA) is 66.8 Å². The van der Waals surface area contributed by atoms with Crippen LogP contribution < -0.4 is 0 Å². The molecule has 1 saturated heterocycles. The third-order valence-electron chi connectivity index (χ3n) is 4.70. The Morgan fingerprint density at radius 2 is 2.17 bits per heavy atom. The third kappa shape index (κ3) is 2.89. The van der Waals surface area contributed by atoms with E-state index in [0.717, 1.165) is 42.4 Å². The van der Waals surface area contributed by atoms with Gasteiger partial charge in [-0.05, 0) is 30.5 Å². The van der Waals surface area contributed by atoms with E-state index in [1.165, 1.54) is 0 Å². The van der Waals surface area contributed by atoms with Crippen LogP contribution in [0.2, 0.25) is 5.02 Å². The average molecular weight is 344 g/mol. The first kappa shape index (κ1) is 15.2. The average Bonchev–Trinajstić information content (AvgIpc) is 3.25. The number of hydrogen-bond acceptors (Lipinski definition) is 3. The summed E-state index contributed by atoms with van der Waals surface area (Å²) < 4.78 is 1.89. The van der Waals surface area contributed by atoms with Crippen LogP contribution in [0, 0.1) is 0 Å². The molecule has 2 aromatic heterocycles. The molecule has 0 bridgehead atoms. The van der Waals surface area contributed by atoms with Crippen LogP contribution in [0.4, 0.5) is 0 Å². The monoisotopic (exact) mass is 343 g/mol. The molecule has 3 heterocycles. The van der Waals surface area contributed by atoms with Crippen LogP contribution in [0.1, 0.15) is 24.4 Å². The zero-order valence-corrected chi connectivity index (χ0v) is 13.9. The molecular formula is C17H18ClN5O. The van der Waals surface area contributed by atoms with E-state index >= 15 is 0 Å². The minimum absolute atomic E-state index is 0.169. The van der Waals surface area contributed by atoms with Crippen molar-refractivity contribution in [1.82, 2.24) is 24.6 Å². The molecule has 1 aliphatic heterocycles. The Morgan fingerprint density at radius 3 is 2.92 bits per heavy atom. The number of likely N-dealkylation sites (tertiary alicyclic amines) is 1. The maximum atomic E-state index is 12.6. The number of fused-ring (bicyclic) bond motifs is 1. The molecule has 0 unspecified atom stereocenters. The first-order chi connectivity index (χ1) is 11.7. The molecule has 1 aromatic carbocycles. The van der Waals surface area contributed by atoms with Gasteiger partial charge in [0.25, 0.3) is 0 Å². The molecule has 3 aromatic rings. The van der Waals surface area contributed by atoms with Crippen molar-refractivity contribution < 1.29 is 4.79 Å². The van der Waals surface area contributed by atoms with Gasteiger partial charge in [-0.1, -0.05) is 17.7 Å². The molecule has 0 radical (unpaired) electrons. The highest BCUT2D eigenvalue weighted by Crippen LogP contribution is 2.25. The van der Waals surface area contributed by atoms with Crippen molar-refractivity contribution in [2.45, 2.75) is 25.3 Å². The molecule has 6 nitrogen and oxygen atoms in total. The summed E-state index contributed by atoms with van der Waals surface area (Å²) in [4.78, 5) is 21.8. The number of halogens is 1. The number of hydrogen-bond donors (Lipinski definition) is 1. The van der Waals surface area contributed by atoms with Gasteiger partial charge in [-0.3, -0.25) is 4.79 Å². The molecular weight excluding hydrogens is 326 g/mol. The summed E-state index contributed by atoms with van der Waals surface area (Å²) in [6, 6.07) is 6.05. The van der Waals surface area contributed by atoms with Gasteiger partial charge >= 0.3 is 0 Å². The number of amides is 1. The number of aromatic nitrogens is 4.